The Morgan fingerprint density at radius 2 is 2.12 bits per heavy atom. The van der Waals surface area contributed by atoms with E-state index in [1.165, 1.54) is 19.3 Å². The molecule has 1 aromatic rings. The van der Waals surface area contributed by atoms with Crippen LogP contribution in [0.4, 0.5) is 0 Å². The minimum Gasteiger partial charge on any atom is -0.325 e. The van der Waals surface area contributed by atoms with Crippen molar-refractivity contribution < 1.29 is 0 Å². The van der Waals surface area contributed by atoms with Crippen LogP contribution < -0.4 is 5.73 Å². The summed E-state index contributed by atoms with van der Waals surface area (Å²) >= 11 is 12.3. The summed E-state index contributed by atoms with van der Waals surface area (Å²) in [5.41, 5.74) is 7.51. The van der Waals surface area contributed by atoms with Gasteiger partial charge in [-0.25, -0.2) is 0 Å². The first-order valence-electron chi connectivity index (χ1n) is 6.25. The molecular formula is C14H19Cl2N. The van der Waals surface area contributed by atoms with Gasteiger partial charge in [-0.1, -0.05) is 55.1 Å². The number of hydrogen-bond donors (Lipinski definition) is 1. The molecule has 0 heterocycles. The molecule has 0 aromatic heterocycles. The molecule has 1 saturated carbocycles. The molecule has 17 heavy (non-hydrogen) atoms. The van der Waals surface area contributed by atoms with Gasteiger partial charge in [0.25, 0.3) is 0 Å². The van der Waals surface area contributed by atoms with Crippen LogP contribution in [0.25, 0.3) is 0 Å². The third kappa shape index (κ3) is 2.78. The fourth-order valence-corrected chi connectivity index (χ4v) is 3.13. The highest BCUT2D eigenvalue weighted by atomic mass is 35.5. The summed E-state index contributed by atoms with van der Waals surface area (Å²) in [4.78, 5) is 0. The molecule has 94 valence electrons. The molecule has 0 radical (unpaired) electrons. The lowest BCUT2D eigenvalue weighted by molar-refractivity contribution is 0.204. The van der Waals surface area contributed by atoms with Crippen LogP contribution in [0.15, 0.2) is 18.2 Å². The van der Waals surface area contributed by atoms with Gasteiger partial charge in [-0.2, -0.15) is 0 Å². The lowest BCUT2D eigenvalue weighted by Gasteiger charge is -2.40. The first kappa shape index (κ1) is 13.2. The minimum atomic E-state index is -0.118. The molecule has 0 saturated heterocycles. The van der Waals surface area contributed by atoms with Gasteiger partial charge >= 0.3 is 0 Å². The number of hydrogen-bond acceptors (Lipinski definition) is 1. The predicted octanol–water partition coefficient (Wildman–Crippen LogP) is 4.44. The second kappa shape index (κ2) is 5.17. The summed E-state index contributed by atoms with van der Waals surface area (Å²) in [5.74, 6) is 0.547. The van der Waals surface area contributed by atoms with E-state index < -0.39 is 0 Å². The second-order valence-corrected chi connectivity index (χ2v) is 6.05. The van der Waals surface area contributed by atoms with Crippen molar-refractivity contribution in [3.05, 3.63) is 33.8 Å². The molecule has 0 aliphatic heterocycles. The van der Waals surface area contributed by atoms with Gasteiger partial charge in [-0.15, -0.1) is 0 Å². The maximum absolute atomic E-state index is 6.55. The first-order chi connectivity index (χ1) is 8.03. The maximum Gasteiger partial charge on any atom is 0.0624 e. The van der Waals surface area contributed by atoms with Gasteiger partial charge in [-0.3, -0.25) is 0 Å². The van der Waals surface area contributed by atoms with Gasteiger partial charge in [0.1, 0.15) is 0 Å². The van der Waals surface area contributed by atoms with Gasteiger partial charge in [0.15, 0.2) is 0 Å². The fraction of sp³-hybridized carbons (Fsp3) is 0.571. The summed E-state index contributed by atoms with van der Waals surface area (Å²) in [5, 5.41) is 1.29. The average Bonchev–Trinajstić information content (AvgIpc) is 2.29. The van der Waals surface area contributed by atoms with Gasteiger partial charge in [0, 0.05) is 5.54 Å². The third-order valence-corrected chi connectivity index (χ3v) is 4.92. The van der Waals surface area contributed by atoms with Crippen LogP contribution >= 0.6 is 23.2 Å². The molecule has 1 aliphatic carbocycles. The highest BCUT2D eigenvalue weighted by Gasteiger charge is 2.34. The normalized spacial score (nSPS) is 29.3. The lowest BCUT2D eigenvalue weighted by atomic mass is 9.71. The van der Waals surface area contributed by atoms with E-state index in [1.54, 1.807) is 0 Å². The number of benzene rings is 1. The smallest absolute Gasteiger partial charge is 0.0624 e. The monoisotopic (exact) mass is 271 g/mol. The fourth-order valence-electron chi connectivity index (χ4n) is 2.74. The molecule has 0 bridgehead atoms. The molecule has 1 aliphatic rings. The Morgan fingerprint density at radius 3 is 2.82 bits per heavy atom. The van der Waals surface area contributed by atoms with Crippen molar-refractivity contribution in [3.63, 3.8) is 0 Å². The zero-order valence-electron chi connectivity index (χ0n) is 10.2. The van der Waals surface area contributed by atoms with Crippen molar-refractivity contribution in [2.75, 3.05) is 0 Å². The molecule has 2 atom stereocenters. The highest BCUT2D eigenvalue weighted by Crippen LogP contribution is 2.36. The van der Waals surface area contributed by atoms with Crippen molar-refractivity contribution in [3.8, 4) is 0 Å². The Morgan fingerprint density at radius 1 is 1.35 bits per heavy atom. The standard InChI is InChI=1S/C14H19Cl2N/c1-10-5-2-3-8-14(10,17)9-11-6-4-7-12(15)13(11)16/h4,6-7,10H,2-3,5,8-9,17H2,1H3. The summed E-state index contributed by atoms with van der Waals surface area (Å²) in [7, 11) is 0. The molecule has 3 heteroatoms. The average molecular weight is 272 g/mol. The van der Waals surface area contributed by atoms with Crippen molar-refractivity contribution in [2.45, 2.75) is 44.6 Å². The van der Waals surface area contributed by atoms with E-state index in [4.69, 9.17) is 28.9 Å². The summed E-state index contributed by atoms with van der Waals surface area (Å²) in [6, 6.07) is 5.80. The van der Waals surface area contributed by atoms with Crippen molar-refractivity contribution in [2.24, 2.45) is 11.7 Å². The van der Waals surface area contributed by atoms with E-state index >= 15 is 0 Å². The zero-order valence-corrected chi connectivity index (χ0v) is 11.7. The Bertz CT molecular complexity index is 405. The quantitative estimate of drug-likeness (QED) is 0.846. The van der Waals surface area contributed by atoms with Crippen LogP contribution in [0, 0.1) is 5.92 Å². The zero-order chi connectivity index (χ0) is 12.5. The van der Waals surface area contributed by atoms with Crippen molar-refractivity contribution in [1.82, 2.24) is 0 Å². The molecule has 2 unspecified atom stereocenters. The number of halogens is 2. The SMILES string of the molecule is CC1CCCCC1(N)Cc1cccc(Cl)c1Cl. The maximum atomic E-state index is 6.55. The van der Waals surface area contributed by atoms with Crippen LogP contribution in [0.3, 0.4) is 0 Å². The first-order valence-corrected chi connectivity index (χ1v) is 7.00. The van der Waals surface area contributed by atoms with Crippen LogP contribution in [0.5, 0.6) is 0 Å². The largest absolute Gasteiger partial charge is 0.325 e. The number of nitrogens with two attached hydrogens (primary N) is 1. The van der Waals surface area contributed by atoms with Crippen LogP contribution in [-0.2, 0) is 6.42 Å². The number of rotatable bonds is 2. The lowest BCUT2D eigenvalue weighted by Crippen LogP contribution is -2.50. The predicted molar refractivity (Wildman–Crippen MR) is 74.7 cm³/mol. The van der Waals surface area contributed by atoms with E-state index in [2.05, 4.69) is 6.92 Å². The molecule has 1 fully saturated rings. The van der Waals surface area contributed by atoms with Crippen LogP contribution in [0.1, 0.15) is 38.2 Å². The molecule has 2 rings (SSSR count). The molecule has 1 aromatic carbocycles. The molecule has 0 spiro atoms. The topological polar surface area (TPSA) is 26.0 Å². The summed E-state index contributed by atoms with van der Waals surface area (Å²) in [6.07, 6.45) is 5.64. The minimum absolute atomic E-state index is 0.118. The van der Waals surface area contributed by atoms with Crippen LogP contribution in [-0.4, -0.2) is 5.54 Å². The Labute approximate surface area is 113 Å². The summed E-state index contributed by atoms with van der Waals surface area (Å²) < 4.78 is 0. The third-order valence-electron chi connectivity index (χ3n) is 4.06. The highest BCUT2D eigenvalue weighted by molar-refractivity contribution is 6.42. The van der Waals surface area contributed by atoms with E-state index in [9.17, 15) is 0 Å². The van der Waals surface area contributed by atoms with Gasteiger partial charge in [-0.05, 0) is 36.8 Å². The van der Waals surface area contributed by atoms with E-state index in [-0.39, 0.29) is 5.54 Å². The van der Waals surface area contributed by atoms with E-state index in [1.807, 2.05) is 18.2 Å². The summed E-state index contributed by atoms with van der Waals surface area (Å²) in [6.45, 7) is 2.25. The van der Waals surface area contributed by atoms with Crippen molar-refractivity contribution in [1.29, 1.82) is 0 Å². The Kier molecular flexibility index (Phi) is 4.02. The Hall–Kier alpha value is -0.240. The van der Waals surface area contributed by atoms with Crippen molar-refractivity contribution >= 4 is 23.2 Å². The van der Waals surface area contributed by atoms with Gasteiger partial charge < -0.3 is 5.73 Å². The van der Waals surface area contributed by atoms with Gasteiger partial charge in [0.05, 0.1) is 10.0 Å². The Balaban J connectivity index is 2.22. The van der Waals surface area contributed by atoms with E-state index in [0.29, 0.717) is 16.0 Å². The van der Waals surface area contributed by atoms with Crippen LogP contribution in [0.2, 0.25) is 10.0 Å². The second-order valence-electron chi connectivity index (χ2n) is 5.27. The molecular weight excluding hydrogens is 253 g/mol. The molecule has 2 N–H and O–H groups in total. The van der Waals surface area contributed by atoms with Gasteiger partial charge in [0.2, 0.25) is 0 Å². The van der Waals surface area contributed by atoms with E-state index in [0.717, 1.165) is 18.4 Å². The molecule has 0 amide bonds. The molecule has 1 nitrogen and oxygen atoms in total.